The second kappa shape index (κ2) is 6.99. The van der Waals surface area contributed by atoms with Gasteiger partial charge in [-0.2, -0.15) is 0 Å². The number of carbonyl (C=O) groups is 1. The molecule has 0 bridgehead atoms. The van der Waals surface area contributed by atoms with Crippen molar-refractivity contribution in [2.75, 3.05) is 5.73 Å². The Morgan fingerprint density at radius 2 is 1.79 bits per heavy atom. The Hall–Kier alpha value is -3.10. The lowest BCUT2D eigenvalue weighted by Crippen LogP contribution is -2.20. The van der Waals surface area contributed by atoms with Crippen molar-refractivity contribution < 1.29 is 32.5 Å². The SMILES string of the molecule is Nc1ccc(Oc2cccc(OC(F)(F)F)c2)cc1CNC(=O)O. The van der Waals surface area contributed by atoms with Crippen LogP contribution < -0.4 is 20.5 Å². The minimum atomic E-state index is -4.80. The number of halogens is 3. The van der Waals surface area contributed by atoms with Gasteiger partial charge in [-0.25, -0.2) is 4.79 Å². The van der Waals surface area contributed by atoms with E-state index in [9.17, 15) is 18.0 Å². The number of benzene rings is 2. The van der Waals surface area contributed by atoms with E-state index in [1.807, 2.05) is 0 Å². The van der Waals surface area contributed by atoms with E-state index in [-0.39, 0.29) is 18.0 Å². The van der Waals surface area contributed by atoms with Crippen molar-refractivity contribution >= 4 is 11.8 Å². The van der Waals surface area contributed by atoms with Gasteiger partial charge in [-0.3, -0.25) is 0 Å². The molecule has 0 aromatic heterocycles. The summed E-state index contributed by atoms with van der Waals surface area (Å²) in [6, 6.07) is 9.53. The third kappa shape index (κ3) is 5.27. The first-order valence-corrected chi connectivity index (χ1v) is 6.62. The highest BCUT2D eigenvalue weighted by Crippen LogP contribution is 2.30. The van der Waals surface area contributed by atoms with E-state index in [0.717, 1.165) is 12.1 Å². The second-order valence-electron chi connectivity index (χ2n) is 4.64. The zero-order chi connectivity index (χ0) is 17.7. The molecule has 9 heteroatoms. The van der Waals surface area contributed by atoms with Gasteiger partial charge in [0.05, 0.1) is 0 Å². The summed E-state index contributed by atoms with van der Waals surface area (Å²) in [7, 11) is 0. The standard InChI is InChI=1S/C15H13F3N2O4/c16-15(17,18)24-12-3-1-2-10(7-12)23-11-4-5-13(19)9(6-11)8-20-14(21)22/h1-7,20H,8,19H2,(H,21,22). The van der Waals surface area contributed by atoms with Gasteiger partial charge in [0.15, 0.2) is 0 Å². The first kappa shape index (κ1) is 17.3. The highest BCUT2D eigenvalue weighted by atomic mass is 19.4. The lowest BCUT2D eigenvalue weighted by Gasteiger charge is -2.12. The fraction of sp³-hybridized carbons (Fsp3) is 0.133. The predicted octanol–water partition coefficient (Wildman–Crippen LogP) is 3.73. The quantitative estimate of drug-likeness (QED) is 0.720. The van der Waals surface area contributed by atoms with Crippen molar-refractivity contribution in [1.82, 2.24) is 5.32 Å². The summed E-state index contributed by atoms with van der Waals surface area (Å²) in [6.07, 6.45) is -6.01. The molecule has 0 heterocycles. The minimum absolute atomic E-state index is 0.0322. The van der Waals surface area contributed by atoms with Gasteiger partial charge in [0.2, 0.25) is 0 Å². The van der Waals surface area contributed by atoms with E-state index >= 15 is 0 Å². The number of nitrogen functional groups attached to an aromatic ring is 1. The molecule has 0 fully saturated rings. The fourth-order valence-electron chi connectivity index (χ4n) is 1.84. The van der Waals surface area contributed by atoms with E-state index in [4.69, 9.17) is 15.6 Å². The van der Waals surface area contributed by atoms with Crippen molar-refractivity contribution in [3.63, 3.8) is 0 Å². The smallest absolute Gasteiger partial charge is 0.465 e. The van der Waals surface area contributed by atoms with E-state index in [1.54, 1.807) is 0 Å². The van der Waals surface area contributed by atoms with Gasteiger partial charge in [-0.1, -0.05) is 6.07 Å². The molecule has 0 saturated heterocycles. The van der Waals surface area contributed by atoms with Crippen molar-refractivity contribution in [2.24, 2.45) is 0 Å². The van der Waals surface area contributed by atoms with Crippen LogP contribution in [-0.2, 0) is 6.54 Å². The van der Waals surface area contributed by atoms with Crippen LogP contribution in [0.3, 0.4) is 0 Å². The number of hydrogen-bond acceptors (Lipinski definition) is 4. The van der Waals surface area contributed by atoms with E-state index in [2.05, 4.69) is 10.1 Å². The third-order valence-electron chi connectivity index (χ3n) is 2.82. The number of alkyl halides is 3. The Kier molecular flexibility index (Phi) is 5.02. The zero-order valence-corrected chi connectivity index (χ0v) is 12.1. The van der Waals surface area contributed by atoms with Crippen LogP contribution in [0.2, 0.25) is 0 Å². The molecular weight excluding hydrogens is 329 g/mol. The van der Waals surface area contributed by atoms with Gasteiger partial charge >= 0.3 is 12.5 Å². The largest absolute Gasteiger partial charge is 0.573 e. The molecule has 2 aromatic rings. The predicted molar refractivity (Wildman–Crippen MR) is 78.9 cm³/mol. The van der Waals surface area contributed by atoms with E-state index < -0.39 is 18.2 Å². The molecule has 128 valence electrons. The third-order valence-corrected chi connectivity index (χ3v) is 2.82. The molecule has 0 saturated carbocycles. The van der Waals surface area contributed by atoms with Crippen LogP contribution in [0.25, 0.3) is 0 Å². The number of rotatable bonds is 5. The molecule has 1 amide bonds. The Morgan fingerprint density at radius 1 is 1.12 bits per heavy atom. The maximum atomic E-state index is 12.2. The number of ether oxygens (including phenoxy) is 2. The molecule has 0 aliphatic carbocycles. The molecule has 24 heavy (non-hydrogen) atoms. The van der Waals surface area contributed by atoms with Crippen LogP contribution in [-0.4, -0.2) is 17.6 Å². The van der Waals surface area contributed by atoms with Gasteiger partial charge in [-0.05, 0) is 35.9 Å². The number of nitrogens with two attached hydrogens (primary N) is 1. The number of hydrogen-bond donors (Lipinski definition) is 3. The maximum Gasteiger partial charge on any atom is 0.573 e. The molecule has 2 aromatic carbocycles. The summed E-state index contributed by atoms with van der Waals surface area (Å²) < 4.78 is 45.9. The van der Waals surface area contributed by atoms with Crippen LogP contribution in [0.15, 0.2) is 42.5 Å². The minimum Gasteiger partial charge on any atom is -0.465 e. The van der Waals surface area contributed by atoms with Gasteiger partial charge in [0.1, 0.15) is 17.2 Å². The molecule has 0 aliphatic heterocycles. The van der Waals surface area contributed by atoms with Gasteiger partial charge in [0, 0.05) is 18.3 Å². The number of nitrogens with one attached hydrogen (secondary N) is 1. The summed E-state index contributed by atoms with van der Waals surface area (Å²) in [5.74, 6) is -0.00238. The van der Waals surface area contributed by atoms with Crippen LogP contribution in [0.5, 0.6) is 17.2 Å². The highest BCUT2D eigenvalue weighted by molar-refractivity contribution is 5.65. The normalized spacial score (nSPS) is 11.0. The van der Waals surface area contributed by atoms with Crippen molar-refractivity contribution in [3.05, 3.63) is 48.0 Å². The van der Waals surface area contributed by atoms with Crippen LogP contribution in [0.1, 0.15) is 5.56 Å². The topological polar surface area (TPSA) is 93.8 Å². The monoisotopic (exact) mass is 342 g/mol. The number of carboxylic acid groups (broad SMARTS) is 1. The molecular formula is C15H13F3N2O4. The van der Waals surface area contributed by atoms with Crippen molar-refractivity contribution in [1.29, 1.82) is 0 Å². The van der Waals surface area contributed by atoms with Gasteiger partial charge in [-0.15, -0.1) is 13.2 Å². The summed E-state index contributed by atoms with van der Waals surface area (Å²) in [5, 5.41) is 10.8. The lowest BCUT2D eigenvalue weighted by atomic mass is 10.1. The second-order valence-corrected chi connectivity index (χ2v) is 4.64. The summed E-state index contributed by atoms with van der Waals surface area (Å²) in [5.41, 5.74) is 6.55. The molecule has 0 aliphatic rings. The van der Waals surface area contributed by atoms with Crippen LogP contribution in [0.4, 0.5) is 23.7 Å². The average molecular weight is 342 g/mol. The summed E-state index contributed by atoms with van der Waals surface area (Å²) in [6.45, 7) is -0.0322. The number of amides is 1. The first-order valence-electron chi connectivity index (χ1n) is 6.62. The number of anilines is 1. The van der Waals surface area contributed by atoms with E-state index in [0.29, 0.717) is 11.3 Å². The first-order chi connectivity index (χ1) is 11.2. The molecule has 2 rings (SSSR count). The Labute approximate surface area is 134 Å². The van der Waals surface area contributed by atoms with Crippen molar-refractivity contribution in [2.45, 2.75) is 12.9 Å². The highest BCUT2D eigenvalue weighted by Gasteiger charge is 2.31. The van der Waals surface area contributed by atoms with Gasteiger partial charge < -0.3 is 25.6 Å². The average Bonchev–Trinajstić information content (AvgIpc) is 2.46. The summed E-state index contributed by atoms with van der Waals surface area (Å²) >= 11 is 0. The Bertz CT molecular complexity index is 735. The zero-order valence-electron chi connectivity index (χ0n) is 12.1. The maximum absolute atomic E-state index is 12.2. The molecule has 6 nitrogen and oxygen atoms in total. The molecule has 0 radical (unpaired) electrons. The summed E-state index contributed by atoms with van der Waals surface area (Å²) in [4.78, 5) is 10.5. The van der Waals surface area contributed by atoms with Crippen molar-refractivity contribution in [3.8, 4) is 17.2 Å². The van der Waals surface area contributed by atoms with Crippen LogP contribution >= 0.6 is 0 Å². The van der Waals surface area contributed by atoms with Crippen LogP contribution in [0, 0.1) is 0 Å². The lowest BCUT2D eigenvalue weighted by molar-refractivity contribution is -0.274. The molecule has 0 spiro atoms. The Morgan fingerprint density at radius 3 is 2.46 bits per heavy atom. The van der Waals surface area contributed by atoms with E-state index in [1.165, 1.54) is 30.3 Å². The Balaban J connectivity index is 2.14. The molecule has 0 unspecified atom stereocenters. The molecule has 4 N–H and O–H groups in total. The van der Waals surface area contributed by atoms with Gasteiger partial charge in [0.25, 0.3) is 0 Å². The molecule has 0 atom stereocenters. The fourth-order valence-corrected chi connectivity index (χ4v) is 1.84.